The number of ether oxygens (including phenoxy) is 2. The molecular formula is C42H56O4. The molecule has 2 aromatic carbocycles. The van der Waals surface area contributed by atoms with Crippen molar-refractivity contribution in [3.05, 3.63) is 94.8 Å². The van der Waals surface area contributed by atoms with E-state index in [1.165, 1.54) is 114 Å². The average Bonchev–Trinajstić information content (AvgIpc) is 3.10. The van der Waals surface area contributed by atoms with Crippen LogP contribution in [0.15, 0.2) is 72.5 Å². The van der Waals surface area contributed by atoms with E-state index >= 15 is 0 Å². The van der Waals surface area contributed by atoms with Gasteiger partial charge in [0.15, 0.2) is 6.10 Å². The van der Waals surface area contributed by atoms with Crippen molar-refractivity contribution in [2.24, 2.45) is 11.8 Å². The van der Waals surface area contributed by atoms with E-state index in [4.69, 9.17) is 9.47 Å². The maximum atomic E-state index is 13.1. The third kappa shape index (κ3) is 9.69. The molecule has 46 heavy (non-hydrogen) atoms. The van der Waals surface area contributed by atoms with E-state index in [9.17, 15) is 9.59 Å². The lowest BCUT2D eigenvalue weighted by molar-refractivity contribution is 0.0203. The molecule has 0 amide bonds. The highest BCUT2D eigenvalue weighted by atomic mass is 16.6. The van der Waals surface area contributed by atoms with Gasteiger partial charge in [0.2, 0.25) is 0 Å². The number of unbranched alkanes of at least 4 members (excludes halogenated alkanes) is 4. The molecule has 0 bridgehead atoms. The van der Waals surface area contributed by atoms with Crippen LogP contribution in [0, 0.1) is 11.8 Å². The van der Waals surface area contributed by atoms with Gasteiger partial charge in [0, 0.05) is 6.42 Å². The van der Waals surface area contributed by atoms with Crippen LogP contribution in [0.3, 0.4) is 0 Å². The molecule has 0 radical (unpaired) electrons. The Labute approximate surface area is 278 Å². The van der Waals surface area contributed by atoms with Gasteiger partial charge in [-0.05, 0) is 117 Å². The average molecular weight is 625 g/mol. The summed E-state index contributed by atoms with van der Waals surface area (Å²) in [6.45, 7) is 4.54. The molecule has 0 heterocycles. The standard InChI is InChI=1S/C42H56O4/c1-3-5-7-11-31-15-19-33(20-16-31)35-23-27-37(28-24-35)41(43)45-39-13-9-10-14-40(39)46-42(44)38-29-25-36(26-30-38)34-21-17-32(18-22-34)12-8-6-4-2/h9-10,13,23-34,40H,3-8,11-12,14-22H2,1-2H3. The summed E-state index contributed by atoms with van der Waals surface area (Å²) in [6, 6.07) is 15.9. The molecule has 248 valence electrons. The van der Waals surface area contributed by atoms with Gasteiger partial charge in [-0.25, -0.2) is 9.59 Å². The van der Waals surface area contributed by atoms with Gasteiger partial charge >= 0.3 is 11.9 Å². The molecule has 3 aliphatic carbocycles. The first-order valence-corrected chi connectivity index (χ1v) is 18.5. The van der Waals surface area contributed by atoms with E-state index in [0.717, 1.165) is 11.8 Å². The summed E-state index contributed by atoms with van der Waals surface area (Å²) in [5.74, 6) is 2.48. The van der Waals surface area contributed by atoms with Gasteiger partial charge in [-0.1, -0.05) is 102 Å². The molecule has 2 saturated carbocycles. The number of rotatable bonds is 14. The Kier molecular flexibility index (Phi) is 13.2. The Morgan fingerprint density at radius 1 is 0.630 bits per heavy atom. The van der Waals surface area contributed by atoms with Gasteiger partial charge in [0.05, 0.1) is 11.1 Å². The molecule has 0 N–H and O–H groups in total. The van der Waals surface area contributed by atoms with Gasteiger partial charge in [-0.3, -0.25) is 0 Å². The highest BCUT2D eigenvalue weighted by Gasteiger charge is 2.27. The van der Waals surface area contributed by atoms with Gasteiger partial charge in [-0.2, -0.15) is 0 Å². The molecular weight excluding hydrogens is 568 g/mol. The molecule has 1 unspecified atom stereocenters. The van der Waals surface area contributed by atoms with Crippen molar-refractivity contribution in [3.8, 4) is 0 Å². The molecule has 3 aliphatic rings. The number of carbonyl (C=O) groups excluding carboxylic acids is 2. The van der Waals surface area contributed by atoms with Crippen LogP contribution in [0.25, 0.3) is 0 Å². The lowest BCUT2D eigenvalue weighted by Crippen LogP contribution is -2.24. The fourth-order valence-corrected chi connectivity index (χ4v) is 7.88. The summed E-state index contributed by atoms with van der Waals surface area (Å²) >= 11 is 0. The molecule has 0 saturated heterocycles. The molecule has 0 aromatic heterocycles. The van der Waals surface area contributed by atoms with Crippen molar-refractivity contribution in [1.82, 2.24) is 0 Å². The molecule has 4 nitrogen and oxygen atoms in total. The van der Waals surface area contributed by atoms with E-state index in [1.807, 2.05) is 36.4 Å². The first kappa shape index (κ1) is 34.2. The fourth-order valence-electron chi connectivity index (χ4n) is 7.88. The fraction of sp³-hybridized carbons (Fsp3) is 0.571. The SMILES string of the molecule is CCCCCC1CCC(c2ccc(C(=O)OC3=CC=CCC3OC(=O)c3ccc(C4CCC(CCCCC)CC4)cc3)cc2)CC1. The second-order valence-electron chi connectivity index (χ2n) is 14.2. The normalized spacial score (nSPS) is 24.7. The first-order chi connectivity index (χ1) is 22.5. The molecule has 0 spiro atoms. The maximum Gasteiger partial charge on any atom is 0.343 e. The van der Waals surface area contributed by atoms with Crippen molar-refractivity contribution >= 4 is 11.9 Å². The minimum absolute atomic E-state index is 0.374. The van der Waals surface area contributed by atoms with Crippen molar-refractivity contribution in [2.45, 2.75) is 141 Å². The molecule has 2 fully saturated rings. The van der Waals surface area contributed by atoms with Crippen LogP contribution in [0.4, 0.5) is 0 Å². The van der Waals surface area contributed by atoms with Gasteiger partial charge in [0.1, 0.15) is 5.76 Å². The minimum Gasteiger partial charge on any atom is -0.450 e. The first-order valence-electron chi connectivity index (χ1n) is 18.5. The number of benzene rings is 2. The van der Waals surface area contributed by atoms with Crippen LogP contribution in [0.1, 0.15) is 167 Å². The Morgan fingerprint density at radius 3 is 1.59 bits per heavy atom. The van der Waals surface area contributed by atoms with Crippen molar-refractivity contribution < 1.29 is 19.1 Å². The maximum absolute atomic E-state index is 13.1. The molecule has 1 atom stereocenters. The van der Waals surface area contributed by atoms with Crippen molar-refractivity contribution in [2.75, 3.05) is 0 Å². The van der Waals surface area contributed by atoms with Crippen LogP contribution in [-0.2, 0) is 9.47 Å². The predicted octanol–water partition coefficient (Wildman–Crippen LogP) is 11.6. The number of hydrogen-bond donors (Lipinski definition) is 0. The molecule has 5 rings (SSSR count). The largest absolute Gasteiger partial charge is 0.450 e. The summed E-state index contributed by atoms with van der Waals surface area (Å²) in [4.78, 5) is 26.2. The van der Waals surface area contributed by atoms with E-state index in [-0.39, 0.29) is 0 Å². The second kappa shape index (κ2) is 17.7. The Bertz CT molecular complexity index is 1290. The van der Waals surface area contributed by atoms with E-state index in [2.05, 4.69) is 38.1 Å². The van der Waals surface area contributed by atoms with E-state index in [1.54, 1.807) is 6.08 Å². The van der Waals surface area contributed by atoms with Crippen LogP contribution in [0.2, 0.25) is 0 Å². The third-order valence-electron chi connectivity index (χ3n) is 10.9. The third-order valence-corrected chi connectivity index (χ3v) is 10.9. The van der Waals surface area contributed by atoms with Crippen LogP contribution >= 0.6 is 0 Å². The van der Waals surface area contributed by atoms with Crippen LogP contribution in [-0.4, -0.2) is 18.0 Å². The summed E-state index contributed by atoms with van der Waals surface area (Å²) in [6.07, 6.45) is 26.3. The van der Waals surface area contributed by atoms with Crippen LogP contribution < -0.4 is 0 Å². The molecule has 2 aromatic rings. The zero-order valence-corrected chi connectivity index (χ0v) is 28.4. The van der Waals surface area contributed by atoms with Gasteiger partial charge < -0.3 is 9.47 Å². The number of carbonyl (C=O) groups is 2. The molecule has 4 heteroatoms. The Balaban J connectivity index is 1.09. The van der Waals surface area contributed by atoms with Gasteiger partial charge in [0.25, 0.3) is 0 Å². The Hall–Kier alpha value is -3.14. The lowest BCUT2D eigenvalue weighted by Gasteiger charge is -2.29. The van der Waals surface area contributed by atoms with Crippen molar-refractivity contribution in [3.63, 3.8) is 0 Å². The Morgan fingerprint density at radius 2 is 1.11 bits per heavy atom. The lowest BCUT2D eigenvalue weighted by atomic mass is 9.77. The summed E-state index contributed by atoms with van der Waals surface area (Å²) < 4.78 is 11.7. The quantitative estimate of drug-likeness (QED) is 0.155. The summed E-state index contributed by atoms with van der Waals surface area (Å²) in [7, 11) is 0. The highest BCUT2D eigenvalue weighted by molar-refractivity contribution is 5.91. The predicted molar refractivity (Wildman–Crippen MR) is 187 cm³/mol. The molecule has 0 aliphatic heterocycles. The number of esters is 2. The van der Waals surface area contributed by atoms with E-state index in [0.29, 0.717) is 35.1 Å². The monoisotopic (exact) mass is 624 g/mol. The highest BCUT2D eigenvalue weighted by Crippen LogP contribution is 2.39. The minimum atomic E-state index is -0.629. The van der Waals surface area contributed by atoms with Gasteiger partial charge in [-0.15, -0.1) is 0 Å². The van der Waals surface area contributed by atoms with E-state index < -0.39 is 18.0 Å². The summed E-state index contributed by atoms with van der Waals surface area (Å²) in [5.41, 5.74) is 3.68. The smallest absolute Gasteiger partial charge is 0.343 e. The number of hydrogen-bond acceptors (Lipinski definition) is 4. The zero-order valence-electron chi connectivity index (χ0n) is 28.4. The summed E-state index contributed by atoms with van der Waals surface area (Å²) in [5, 5.41) is 0. The topological polar surface area (TPSA) is 52.6 Å². The van der Waals surface area contributed by atoms with Crippen LogP contribution in [0.5, 0.6) is 0 Å². The number of allylic oxidation sites excluding steroid dienone is 2. The zero-order chi connectivity index (χ0) is 32.1. The van der Waals surface area contributed by atoms with Crippen molar-refractivity contribution in [1.29, 1.82) is 0 Å². The second-order valence-corrected chi connectivity index (χ2v) is 14.2.